The summed E-state index contributed by atoms with van der Waals surface area (Å²) in [4.78, 5) is 16.6. The Kier molecular flexibility index (Phi) is 55.4. The number of aromatic nitrogens is 4. The fraction of sp³-hybridized carbons (Fsp3) is 0.444. The van der Waals surface area contributed by atoms with Crippen molar-refractivity contribution in [3.8, 4) is 0 Å². The van der Waals surface area contributed by atoms with E-state index >= 15 is 0 Å². The van der Waals surface area contributed by atoms with E-state index in [4.69, 9.17) is 0 Å². The van der Waals surface area contributed by atoms with Crippen LogP contribution in [0.15, 0.2) is 274 Å². The molecule has 0 unspecified atom stereocenters. The van der Waals surface area contributed by atoms with E-state index in [0.29, 0.717) is 47.3 Å². The van der Waals surface area contributed by atoms with Gasteiger partial charge >= 0.3 is 0 Å². The minimum Gasteiger partial charge on any atom is -0.264 e. The van der Waals surface area contributed by atoms with Crippen molar-refractivity contribution in [2.75, 3.05) is 0 Å². The van der Waals surface area contributed by atoms with Crippen LogP contribution in [0.25, 0.3) is 0 Å². The smallest absolute Gasteiger partial charge is 0.126 e. The summed E-state index contributed by atoms with van der Waals surface area (Å²) in [7, 11) is 0. The molecule has 0 aliphatic heterocycles. The van der Waals surface area contributed by atoms with Crippen LogP contribution in [-0.4, -0.2) is 19.9 Å². The lowest BCUT2D eigenvalue weighted by Crippen LogP contribution is -2.09. The molecule has 10 aromatic carbocycles. The Morgan fingerprint density at radius 3 is 0.928 bits per heavy atom. The summed E-state index contributed by atoms with van der Waals surface area (Å²) in [6, 6.07) is 83.9. The van der Waals surface area contributed by atoms with E-state index in [9.17, 15) is 8.78 Å². The zero-order valence-electron chi connectivity index (χ0n) is 92.3. The number of rotatable bonds is 14. The molecule has 0 spiro atoms. The van der Waals surface area contributed by atoms with E-state index < -0.39 is 0 Å². The second kappa shape index (κ2) is 64.7. The predicted molar refractivity (Wildman–Crippen MR) is 603 cm³/mol. The summed E-state index contributed by atoms with van der Waals surface area (Å²) in [5.74, 6) is 7.78. The van der Waals surface area contributed by atoms with Crippen molar-refractivity contribution in [3.05, 3.63) is 436 Å². The monoisotopic (exact) mass is 1870 g/mol. The van der Waals surface area contributed by atoms with Crippen molar-refractivity contribution < 1.29 is 8.78 Å². The minimum atomic E-state index is -0.146. The van der Waals surface area contributed by atoms with E-state index in [1.807, 2.05) is 57.6 Å². The lowest BCUT2D eigenvalue weighted by atomic mass is 9.78. The Bertz CT molecular complexity index is 5160. The lowest BCUT2D eigenvalue weighted by molar-refractivity contribution is 0.418. The third-order valence-electron chi connectivity index (χ3n) is 27.2. The maximum Gasteiger partial charge on any atom is 0.126 e. The normalized spacial score (nSPS) is 13.0. The number of halogens is 2. The van der Waals surface area contributed by atoms with Gasteiger partial charge in [0.05, 0.1) is 11.4 Å². The molecule has 3 aromatic heterocycles. The van der Waals surface area contributed by atoms with Gasteiger partial charge in [0.1, 0.15) is 11.6 Å². The second-order valence-corrected chi connectivity index (χ2v) is 41.5. The molecule has 4 fully saturated rings. The molecule has 0 amide bonds. The quantitative estimate of drug-likeness (QED) is 0.109. The zero-order valence-corrected chi connectivity index (χ0v) is 92.3. The van der Waals surface area contributed by atoms with Crippen LogP contribution < -0.4 is 0 Å². The van der Waals surface area contributed by atoms with Gasteiger partial charge in [-0.3, -0.25) is 19.9 Å². The molecule has 0 N–H and O–H groups in total. The van der Waals surface area contributed by atoms with Gasteiger partial charge < -0.3 is 0 Å². The Morgan fingerprint density at radius 1 is 0.259 bits per heavy atom. The van der Waals surface area contributed by atoms with Gasteiger partial charge in [0.2, 0.25) is 0 Å². The van der Waals surface area contributed by atoms with Crippen LogP contribution in [0.1, 0.15) is 436 Å². The molecule has 0 atom stereocenters. The second-order valence-electron chi connectivity index (χ2n) is 41.5. The van der Waals surface area contributed by atoms with Crippen LogP contribution in [0.3, 0.4) is 0 Å². The molecule has 3 heterocycles. The van der Waals surface area contributed by atoms with Crippen molar-refractivity contribution in [1.82, 2.24) is 19.9 Å². The Labute approximate surface area is 847 Å². The highest BCUT2D eigenvalue weighted by atomic mass is 19.1. The number of benzene rings is 10. The van der Waals surface area contributed by atoms with Crippen LogP contribution in [-0.2, 0) is 6.42 Å². The highest BCUT2D eigenvalue weighted by Crippen LogP contribution is 2.42. The molecule has 4 aliphatic carbocycles. The van der Waals surface area contributed by atoms with Gasteiger partial charge in [-0.1, -0.05) is 381 Å². The van der Waals surface area contributed by atoms with Crippen LogP contribution in [0.5, 0.6) is 0 Å². The molecular weight excluding hydrogens is 1690 g/mol. The fourth-order valence-electron chi connectivity index (χ4n) is 18.8. The maximum absolute atomic E-state index is 12.9. The first-order chi connectivity index (χ1) is 66.3. The van der Waals surface area contributed by atoms with Gasteiger partial charge in [-0.05, 0) is 384 Å². The summed E-state index contributed by atoms with van der Waals surface area (Å²) in [6.45, 7) is 66.6. The van der Waals surface area contributed by atoms with Crippen molar-refractivity contribution in [2.24, 2.45) is 0 Å². The Hall–Kier alpha value is -10.6. The van der Waals surface area contributed by atoms with Crippen molar-refractivity contribution >= 4 is 0 Å². The largest absolute Gasteiger partial charge is 0.264 e. The molecule has 17 rings (SSSR count). The third-order valence-corrected chi connectivity index (χ3v) is 27.2. The number of aryl methyl sites for hydroxylation is 14. The third kappa shape index (κ3) is 43.6. The molecule has 6 heteroatoms. The van der Waals surface area contributed by atoms with Gasteiger partial charge in [0, 0.05) is 36.7 Å². The summed E-state index contributed by atoms with van der Waals surface area (Å²) >= 11 is 0. The Balaban J connectivity index is 0.000000266. The van der Waals surface area contributed by atoms with E-state index in [2.05, 4.69) is 414 Å². The first-order valence-corrected chi connectivity index (χ1v) is 52.8. The number of hydrogen-bond donors (Lipinski definition) is 0. The molecule has 748 valence electrons. The highest BCUT2D eigenvalue weighted by Gasteiger charge is 2.25. The molecule has 4 saturated carbocycles. The fourth-order valence-corrected chi connectivity index (χ4v) is 18.8. The SMILES string of the molecule is CCCc1ccccc1C.Cc1c(F)cccc1C(C)C.Cc1cc(F)ccc1C(C)C.Cc1ccc(C(C)C)c(C)c1.Cc1ccccc1C(C)C.Cc1ccccc1C(C)C.Cc1ccccc1C1CC1.Cc1ccccc1C1CCC1.Cc1ccccc1C1CCCC1.Cc1ccccc1C1CCCCC1.Cc1ccncc1C(C)C.Cc1ncccc1C(C)C.Cc1nccnc1C(C)C. The molecular formula is C133H182F2N4. The van der Waals surface area contributed by atoms with Gasteiger partial charge in [-0.15, -0.1) is 0 Å². The Morgan fingerprint density at radius 2 is 0.604 bits per heavy atom. The molecule has 139 heavy (non-hydrogen) atoms. The molecule has 0 saturated heterocycles. The maximum atomic E-state index is 12.9. The van der Waals surface area contributed by atoms with Crippen LogP contribution in [0.2, 0.25) is 0 Å². The van der Waals surface area contributed by atoms with Crippen molar-refractivity contribution in [3.63, 3.8) is 0 Å². The van der Waals surface area contributed by atoms with E-state index in [1.54, 1.807) is 46.8 Å². The highest BCUT2D eigenvalue weighted by molar-refractivity contribution is 5.38. The minimum absolute atomic E-state index is 0.101. The van der Waals surface area contributed by atoms with Gasteiger partial charge in [0.15, 0.2) is 0 Å². The predicted octanol–water partition coefficient (Wildman–Crippen LogP) is 39.9. The molecule has 4 aliphatic rings. The number of nitrogens with zero attached hydrogens (tertiary/aromatic N) is 4. The van der Waals surface area contributed by atoms with Gasteiger partial charge in [0.25, 0.3) is 0 Å². The van der Waals surface area contributed by atoms with Gasteiger partial charge in [-0.25, -0.2) is 8.78 Å². The molecule has 4 nitrogen and oxygen atoms in total. The van der Waals surface area contributed by atoms with E-state index in [-0.39, 0.29) is 11.6 Å². The summed E-state index contributed by atoms with van der Waals surface area (Å²) < 4.78 is 25.6. The number of pyridine rings is 2. The molecule has 0 bridgehead atoms. The summed E-state index contributed by atoms with van der Waals surface area (Å²) in [5, 5.41) is 0. The summed E-state index contributed by atoms with van der Waals surface area (Å²) in [5.41, 5.74) is 36.6. The number of hydrogen-bond acceptors (Lipinski definition) is 4. The average molecular weight is 1870 g/mol. The molecule has 0 radical (unpaired) electrons. The van der Waals surface area contributed by atoms with Crippen LogP contribution >= 0.6 is 0 Å². The topological polar surface area (TPSA) is 51.6 Å². The van der Waals surface area contributed by atoms with E-state index in [0.717, 1.165) is 57.4 Å². The van der Waals surface area contributed by atoms with Crippen LogP contribution in [0, 0.1) is 109 Å². The van der Waals surface area contributed by atoms with Crippen molar-refractivity contribution in [2.45, 2.75) is 388 Å². The first kappa shape index (κ1) is 119. The van der Waals surface area contributed by atoms with Gasteiger partial charge in [-0.2, -0.15) is 0 Å². The summed E-state index contributed by atoms with van der Waals surface area (Å²) in [6.07, 6.45) is 31.4. The standard InChI is InChI=1S/C13H18.C12H16.C11H14.C11H16.2C10H13F.C10H12.3C10H14.2C9H13N.C8H12N2/c1-11-7-5-6-10-13(11)12-8-3-2-4-9-12;1-10-6-2-5-9-12(10)11-7-3-4-8-11;1-9-5-2-3-8-11(9)10-6-4-7-10;1-8(2)11-6-5-9(3)7-10(11)4;1-7(2)10-5-4-9(11)6-8(10)3;1-7(2)9-5-4-6-10(11)8(9)3;1-8-4-2-3-5-10(8)9-6-7-9;2*1-8(2)10-7-5-4-6-9(10)3;1-3-6-10-8-5-4-7-9(10)2;1-7(2)9-6-10-5-4-8(9)3;1-7(2)9-5-4-6-10-8(9)3;1-6(2)8-7(3)9-4-5-10-8/h5-7,10,12H,2-4,8-9H2,1H3;2,5-6,9,11H,3-4,7-8H2,1H3;2-3,5,8,10H,4,6-7H2,1H3;5-8H,1-4H3;2*4-7H,1-3H3;2-5,9H,6-7H2,1H3;2*4-8H,1-3H3;4-5,7-8H,3,6H2,1-2H3;2*4-7H,1-3H3;4-6H,1-3H3. The van der Waals surface area contributed by atoms with Crippen molar-refractivity contribution in [1.29, 1.82) is 0 Å². The van der Waals surface area contributed by atoms with Crippen LogP contribution in [0.4, 0.5) is 8.78 Å². The lowest BCUT2D eigenvalue weighted by Gasteiger charge is -2.27. The molecule has 13 aromatic rings. The van der Waals surface area contributed by atoms with E-state index in [1.165, 1.54) is 209 Å². The average Bonchev–Trinajstić information content (AvgIpc) is 1.73. The zero-order chi connectivity index (χ0) is 103. The first-order valence-electron chi connectivity index (χ1n) is 52.8.